The second-order valence-electron chi connectivity index (χ2n) is 4.80. The van der Waals surface area contributed by atoms with Gasteiger partial charge in [-0.15, -0.1) is 0 Å². The Hall–Kier alpha value is -2.06. The highest BCUT2D eigenvalue weighted by atomic mass is 16.3. The summed E-state index contributed by atoms with van der Waals surface area (Å²) in [5, 5.41) is 17.7. The highest BCUT2D eigenvalue weighted by molar-refractivity contribution is 5.73. The number of aliphatic hydroxyl groups excluding tert-OH is 1. The summed E-state index contributed by atoms with van der Waals surface area (Å²) in [5.74, 6) is 0. The summed E-state index contributed by atoms with van der Waals surface area (Å²) in [7, 11) is 3.40. The number of nitrogens with zero attached hydrogens (tertiary/aromatic N) is 3. The van der Waals surface area contributed by atoms with Crippen LogP contribution < -0.4 is 0 Å². The van der Waals surface area contributed by atoms with Crippen molar-refractivity contribution in [3.63, 3.8) is 0 Å². The lowest BCUT2D eigenvalue weighted by Crippen LogP contribution is -2.41. The number of hydrogen-bond donors (Lipinski definition) is 1. The molecular weight excluding hydrogens is 254 g/mol. The van der Waals surface area contributed by atoms with E-state index in [9.17, 15) is 4.79 Å². The van der Waals surface area contributed by atoms with Crippen molar-refractivity contribution in [2.75, 3.05) is 33.8 Å². The third kappa shape index (κ3) is 4.90. The molecule has 1 aromatic carbocycles. The molecule has 0 saturated carbocycles. The quantitative estimate of drug-likeness (QED) is 0.854. The lowest BCUT2D eigenvalue weighted by Gasteiger charge is -2.25. The van der Waals surface area contributed by atoms with Gasteiger partial charge in [-0.25, -0.2) is 4.79 Å². The second kappa shape index (κ2) is 8.18. The average Bonchev–Trinajstić information content (AvgIpc) is 2.46. The van der Waals surface area contributed by atoms with Gasteiger partial charge in [0.15, 0.2) is 0 Å². The first kappa shape index (κ1) is 16.0. The van der Waals surface area contributed by atoms with Crippen molar-refractivity contribution >= 4 is 6.03 Å². The largest absolute Gasteiger partial charge is 0.395 e. The van der Waals surface area contributed by atoms with Gasteiger partial charge in [0, 0.05) is 27.2 Å². The number of hydrogen-bond acceptors (Lipinski definition) is 3. The fourth-order valence-electron chi connectivity index (χ4n) is 1.93. The molecule has 1 rings (SSSR count). The molecule has 0 unspecified atom stereocenters. The minimum absolute atomic E-state index is 0.0313. The van der Waals surface area contributed by atoms with Crippen LogP contribution in [-0.2, 0) is 6.42 Å². The summed E-state index contributed by atoms with van der Waals surface area (Å²) in [6, 6.07) is 9.46. The standard InChI is InChI=1S/C15H21N3O2/c1-17(2)15(20)18(10-11-19)9-3-4-13-5-7-14(12-16)8-6-13/h5-8,19H,3-4,9-11H2,1-2H3. The lowest BCUT2D eigenvalue weighted by molar-refractivity contribution is 0.154. The van der Waals surface area contributed by atoms with Crippen LogP contribution in [0.1, 0.15) is 17.5 Å². The molecule has 2 amide bonds. The smallest absolute Gasteiger partial charge is 0.319 e. The molecule has 0 saturated heterocycles. The van der Waals surface area contributed by atoms with Crippen molar-refractivity contribution in [1.82, 2.24) is 9.80 Å². The van der Waals surface area contributed by atoms with E-state index in [4.69, 9.17) is 10.4 Å². The van der Waals surface area contributed by atoms with Gasteiger partial charge in [0.25, 0.3) is 0 Å². The fourth-order valence-corrected chi connectivity index (χ4v) is 1.93. The van der Waals surface area contributed by atoms with Crippen molar-refractivity contribution < 1.29 is 9.90 Å². The predicted octanol–water partition coefficient (Wildman–Crippen LogP) is 1.47. The van der Waals surface area contributed by atoms with Gasteiger partial charge >= 0.3 is 6.03 Å². The Kier molecular flexibility index (Phi) is 6.54. The first-order valence-corrected chi connectivity index (χ1v) is 6.64. The zero-order valence-electron chi connectivity index (χ0n) is 12.0. The van der Waals surface area contributed by atoms with Gasteiger partial charge in [-0.05, 0) is 30.5 Å². The highest BCUT2D eigenvalue weighted by Gasteiger charge is 2.14. The van der Waals surface area contributed by atoms with Crippen LogP contribution in [0.5, 0.6) is 0 Å². The predicted molar refractivity (Wildman–Crippen MR) is 77.2 cm³/mol. The van der Waals surface area contributed by atoms with Gasteiger partial charge in [0.05, 0.1) is 18.2 Å². The number of benzene rings is 1. The number of amides is 2. The molecule has 108 valence electrons. The number of urea groups is 1. The first-order chi connectivity index (χ1) is 9.58. The molecule has 0 aromatic heterocycles. The molecule has 5 heteroatoms. The normalized spacial score (nSPS) is 9.90. The fraction of sp³-hybridized carbons (Fsp3) is 0.467. The van der Waals surface area contributed by atoms with Crippen LogP contribution in [0.25, 0.3) is 0 Å². The highest BCUT2D eigenvalue weighted by Crippen LogP contribution is 2.07. The summed E-state index contributed by atoms with van der Waals surface area (Å²) >= 11 is 0. The Labute approximate surface area is 120 Å². The van der Waals surface area contributed by atoms with E-state index >= 15 is 0 Å². The minimum Gasteiger partial charge on any atom is -0.395 e. The van der Waals surface area contributed by atoms with E-state index in [1.54, 1.807) is 31.1 Å². The zero-order valence-corrected chi connectivity index (χ0v) is 12.0. The van der Waals surface area contributed by atoms with Crippen molar-refractivity contribution in [3.8, 4) is 6.07 Å². The maximum atomic E-state index is 11.9. The second-order valence-corrected chi connectivity index (χ2v) is 4.80. The Bertz CT molecular complexity index is 463. The van der Waals surface area contributed by atoms with Crippen LogP contribution in [0.15, 0.2) is 24.3 Å². The van der Waals surface area contributed by atoms with Crippen LogP contribution in [0.3, 0.4) is 0 Å². The van der Waals surface area contributed by atoms with Crippen LogP contribution in [0.4, 0.5) is 4.79 Å². The molecule has 0 bridgehead atoms. The molecule has 0 fully saturated rings. The summed E-state index contributed by atoms with van der Waals surface area (Å²) in [6.45, 7) is 0.929. The van der Waals surface area contributed by atoms with Crippen LogP contribution in [0, 0.1) is 11.3 Å². The van der Waals surface area contributed by atoms with E-state index < -0.39 is 0 Å². The van der Waals surface area contributed by atoms with Crippen LogP contribution >= 0.6 is 0 Å². The molecule has 1 aromatic rings. The number of aliphatic hydroxyl groups is 1. The molecule has 0 aliphatic heterocycles. The lowest BCUT2D eigenvalue weighted by atomic mass is 10.1. The number of carbonyl (C=O) groups excluding carboxylic acids is 1. The van der Waals surface area contributed by atoms with Crippen molar-refractivity contribution in [1.29, 1.82) is 5.26 Å². The molecule has 0 radical (unpaired) electrons. The third-order valence-corrected chi connectivity index (χ3v) is 3.00. The Balaban J connectivity index is 2.47. The molecule has 0 aliphatic rings. The molecule has 0 atom stereocenters. The number of rotatable bonds is 6. The maximum Gasteiger partial charge on any atom is 0.319 e. The molecular formula is C15H21N3O2. The molecule has 20 heavy (non-hydrogen) atoms. The summed E-state index contributed by atoms with van der Waals surface area (Å²) < 4.78 is 0. The average molecular weight is 275 g/mol. The molecule has 0 heterocycles. The van der Waals surface area contributed by atoms with E-state index in [1.165, 1.54) is 4.90 Å². The monoisotopic (exact) mass is 275 g/mol. The number of nitriles is 1. The molecule has 1 N–H and O–H groups in total. The van der Waals surface area contributed by atoms with Crippen molar-refractivity contribution in [3.05, 3.63) is 35.4 Å². The Morgan fingerprint density at radius 3 is 2.40 bits per heavy atom. The van der Waals surface area contributed by atoms with Gasteiger partial charge in [0.1, 0.15) is 0 Å². The topological polar surface area (TPSA) is 67.6 Å². The minimum atomic E-state index is -0.0844. The molecule has 5 nitrogen and oxygen atoms in total. The van der Waals surface area contributed by atoms with Gasteiger partial charge in [0.2, 0.25) is 0 Å². The van der Waals surface area contributed by atoms with Crippen LogP contribution in [-0.4, -0.2) is 54.7 Å². The third-order valence-electron chi connectivity index (χ3n) is 3.00. The van der Waals surface area contributed by atoms with E-state index in [0.29, 0.717) is 18.7 Å². The Morgan fingerprint density at radius 2 is 1.90 bits per heavy atom. The van der Waals surface area contributed by atoms with Gasteiger partial charge in [-0.1, -0.05) is 12.1 Å². The summed E-state index contributed by atoms with van der Waals surface area (Å²) in [4.78, 5) is 15.0. The van der Waals surface area contributed by atoms with E-state index in [1.807, 2.05) is 12.1 Å². The molecule has 0 spiro atoms. The number of aryl methyl sites for hydroxylation is 1. The summed E-state index contributed by atoms with van der Waals surface area (Å²) in [5.41, 5.74) is 1.80. The SMILES string of the molecule is CN(C)C(=O)N(CCO)CCCc1ccc(C#N)cc1. The van der Waals surface area contributed by atoms with Crippen molar-refractivity contribution in [2.45, 2.75) is 12.8 Å². The van der Waals surface area contributed by atoms with E-state index in [2.05, 4.69) is 6.07 Å². The van der Waals surface area contributed by atoms with Crippen LogP contribution in [0.2, 0.25) is 0 Å². The summed E-state index contributed by atoms with van der Waals surface area (Å²) in [6.07, 6.45) is 1.67. The zero-order chi connectivity index (χ0) is 15.0. The first-order valence-electron chi connectivity index (χ1n) is 6.64. The van der Waals surface area contributed by atoms with Gasteiger partial charge in [-0.3, -0.25) is 0 Å². The Morgan fingerprint density at radius 1 is 1.25 bits per heavy atom. The van der Waals surface area contributed by atoms with E-state index in [-0.39, 0.29) is 12.6 Å². The van der Waals surface area contributed by atoms with Gasteiger partial charge in [-0.2, -0.15) is 5.26 Å². The van der Waals surface area contributed by atoms with E-state index in [0.717, 1.165) is 18.4 Å². The van der Waals surface area contributed by atoms with Crippen molar-refractivity contribution in [2.24, 2.45) is 0 Å². The number of carbonyl (C=O) groups is 1. The molecule has 0 aliphatic carbocycles. The van der Waals surface area contributed by atoms with Gasteiger partial charge < -0.3 is 14.9 Å². The maximum absolute atomic E-state index is 11.9.